The molecule has 2 rings (SSSR count). The van der Waals surface area contributed by atoms with Gasteiger partial charge in [-0.15, -0.1) is 6.58 Å². The van der Waals surface area contributed by atoms with Gasteiger partial charge in [-0.1, -0.05) is 6.08 Å². The Labute approximate surface area is 61.8 Å². The molecule has 2 bridgehead atoms. The highest BCUT2D eigenvalue weighted by molar-refractivity contribution is 5.09. The third-order valence-electron chi connectivity index (χ3n) is 3.22. The van der Waals surface area contributed by atoms with Gasteiger partial charge < -0.3 is 5.11 Å². The van der Waals surface area contributed by atoms with E-state index in [4.69, 9.17) is 0 Å². The third kappa shape index (κ3) is 0.671. The van der Waals surface area contributed by atoms with Crippen LogP contribution in [0.2, 0.25) is 0 Å². The van der Waals surface area contributed by atoms with Crippen LogP contribution in [0.4, 0.5) is 0 Å². The maximum Gasteiger partial charge on any atom is 0.0855 e. The standard InChI is InChI=1S/C9H14O/c1-2-9(10)6-7-3-4-8(9)5-7/h2,7-8,10H,1,3-6H2/t7-,8+,9-/m1/s1. The van der Waals surface area contributed by atoms with E-state index in [0.717, 1.165) is 12.3 Å². The molecule has 1 heteroatoms. The molecule has 0 amide bonds. The largest absolute Gasteiger partial charge is 0.386 e. The van der Waals surface area contributed by atoms with E-state index in [2.05, 4.69) is 6.58 Å². The van der Waals surface area contributed by atoms with Gasteiger partial charge in [0, 0.05) is 0 Å². The molecule has 0 heterocycles. The van der Waals surface area contributed by atoms with Gasteiger partial charge in [-0.3, -0.25) is 0 Å². The fraction of sp³-hybridized carbons (Fsp3) is 0.778. The molecule has 56 valence electrons. The van der Waals surface area contributed by atoms with Crippen LogP contribution >= 0.6 is 0 Å². The Bertz CT molecular complexity index is 164. The minimum absolute atomic E-state index is 0.483. The van der Waals surface area contributed by atoms with E-state index in [0.29, 0.717) is 5.92 Å². The van der Waals surface area contributed by atoms with Crippen molar-refractivity contribution in [2.24, 2.45) is 11.8 Å². The highest BCUT2D eigenvalue weighted by Gasteiger charge is 2.47. The van der Waals surface area contributed by atoms with Crippen LogP contribution in [-0.4, -0.2) is 10.7 Å². The molecule has 2 aliphatic carbocycles. The highest BCUT2D eigenvalue weighted by Crippen LogP contribution is 2.51. The second-order valence-electron chi connectivity index (χ2n) is 3.78. The van der Waals surface area contributed by atoms with Crippen LogP contribution in [0.5, 0.6) is 0 Å². The Kier molecular flexibility index (Phi) is 1.19. The van der Waals surface area contributed by atoms with Gasteiger partial charge in [0.1, 0.15) is 0 Å². The maximum absolute atomic E-state index is 9.87. The number of fused-ring (bicyclic) bond motifs is 2. The van der Waals surface area contributed by atoms with Crippen LogP contribution in [0, 0.1) is 11.8 Å². The Morgan fingerprint density at radius 2 is 2.30 bits per heavy atom. The summed E-state index contributed by atoms with van der Waals surface area (Å²) in [6.07, 6.45) is 6.51. The van der Waals surface area contributed by atoms with Crippen LogP contribution in [-0.2, 0) is 0 Å². The summed E-state index contributed by atoms with van der Waals surface area (Å²) in [7, 11) is 0. The summed E-state index contributed by atoms with van der Waals surface area (Å²) in [6.45, 7) is 3.68. The number of aliphatic hydroxyl groups is 1. The number of hydrogen-bond acceptors (Lipinski definition) is 1. The molecule has 3 atom stereocenters. The minimum Gasteiger partial charge on any atom is -0.386 e. The molecule has 2 aliphatic rings. The van der Waals surface area contributed by atoms with E-state index in [1.165, 1.54) is 19.3 Å². The van der Waals surface area contributed by atoms with Gasteiger partial charge in [0.25, 0.3) is 0 Å². The van der Waals surface area contributed by atoms with Crippen LogP contribution in [0.3, 0.4) is 0 Å². The molecule has 0 saturated heterocycles. The van der Waals surface area contributed by atoms with Crippen molar-refractivity contribution in [2.45, 2.75) is 31.3 Å². The molecule has 10 heavy (non-hydrogen) atoms. The second kappa shape index (κ2) is 1.85. The smallest absolute Gasteiger partial charge is 0.0855 e. The van der Waals surface area contributed by atoms with E-state index in [9.17, 15) is 5.11 Å². The van der Waals surface area contributed by atoms with Gasteiger partial charge in [0.15, 0.2) is 0 Å². The van der Waals surface area contributed by atoms with E-state index in [1.807, 2.05) is 0 Å². The second-order valence-corrected chi connectivity index (χ2v) is 3.78. The lowest BCUT2D eigenvalue weighted by Crippen LogP contribution is -2.32. The molecule has 2 fully saturated rings. The zero-order chi connectivity index (χ0) is 7.19. The van der Waals surface area contributed by atoms with Gasteiger partial charge >= 0.3 is 0 Å². The summed E-state index contributed by atoms with van der Waals surface area (Å²) in [4.78, 5) is 0. The van der Waals surface area contributed by atoms with E-state index in [1.54, 1.807) is 6.08 Å². The number of hydrogen-bond donors (Lipinski definition) is 1. The van der Waals surface area contributed by atoms with Crippen LogP contribution in [0.1, 0.15) is 25.7 Å². The predicted molar refractivity (Wildman–Crippen MR) is 40.6 cm³/mol. The summed E-state index contributed by atoms with van der Waals surface area (Å²) >= 11 is 0. The van der Waals surface area contributed by atoms with Crippen molar-refractivity contribution in [3.63, 3.8) is 0 Å². The van der Waals surface area contributed by atoms with Crippen molar-refractivity contribution in [2.75, 3.05) is 0 Å². The Morgan fingerprint density at radius 3 is 2.60 bits per heavy atom. The van der Waals surface area contributed by atoms with Gasteiger partial charge in [-0.05, 0) is 37.5 Å². The van der Waals surface area contributed by atoms with Gasteiger partial charge in [-0.2, -0.15) is 0 Å². The first-order valence-corrected chi connectivity index (χ1v) is 4.10. The van der Waals surface area contributed by atoms with Crippen molar-refractivity contribution >= 4 is 0 Å². The Morgan fingerprint density at radius 1 is 1.50 bits per heavy atom. The molecular weight excluding hydrogens is 124 g/mol. The van der Waals surface area contributed by atoms with E-state index >= 15 is 0 Å². The number of rotatable bonds is 1. The fourth-order valence-electron chi connectivity index (χ4n) is 2.59. The minimum atomic E-state index is -0.483. The van der Waals surface area contributed by atoms with E-state index in [-0.39, 0.29) is 0 Å². The molecule has 0 aromatic heterocycles. The SMILES string of the molecule is C=C[C@@]1(O)C[C@@H]2CC[C@H]1C2. The molecule has 0 aliphatic heterocycles. The molecule has 1 N–H and O–H groups in total. The van der Waals surface area contributed by atoms with Gasteiger partial charge in [0.05, 0.1) is 5.60 Å². The van der Waals surface area contributed by atoms with Crippen molar-refractivity contribution in [3.8, 4) is 0 Å². The lowest BCUT2D eigenvalue weighted by atomic mass is 9.84. The molecule has 0 unspecified atom stereocenters. The van der Waals surface area contributed by atoms with Crippen molar-refractivity contribution in [1.82, 2.24) is 0 Å². The first-order chi connectivity index (χ1) is 4.74. The quantitative estimate of drug-likeness (QED) is 0.547. The molecule has 0 radical (unpaired) electrons. The summed E-state index contributed by atoms with van der Waals surface area (Å²) in [6, 6.07) is 0. The molecule has 0 aromatic rings. The Balaban J connectivity index is 2.21. The van der Waals surface area contributed by atoms with E-state index < -0.39 is 5.60 Å². The summed E-state index contributed by atoms with van der Waals surface area (Å²) < 4.78 is 0. The van der Waals surface area contributed by atoms with Gasteiger partial charge in [-0.25, -0.2) is 0 Å². The third-order valence-corrected chi connectivity index (χ3v) is 3.22. The molecule has 1 nitrogen and oxygen atoms in total. The average molecular weight is 138 g/mol. The molecular formula is C9H14O. The average Bonchev–Trinajstić information content (AvgIpc) is 2.46. The lowest BCUT2D eigenvalue weighted by molar-refractivity contribution is 0.0344. The first kappa shape index (κ1) is 6.41. The fourth-order valence-corrected chi connectivity index (χ4v) is 2.59. The zero-order valence-electron chi connectivity index (χ0n) is 6.21. The lowest BCUT2D eigenvalue weighted by Gasteiger charge is -2.28. The van der Waals surface area contributed by atoms with Crippen molar-refractivity contribution in [3.05, 3.63) is 12.7 Å². The highest BCUT2D eigenvalue weighted by atomic mass is 16.3. The summed E-state index contributed by atoms with van der Waals surface area (Å²) in [5.74, 6) is 1.34. The predicted octanol–water partition coefficient (Wildman–Crippen LogP) is 1.72. The monoisotopic (exact) mass is 138 g/mol. The van der Waals surface area contributed by atoms with Crippen LogP contribution in [0.15, 0.2) is 12.7 Å². The Hall–Kier alpha value is -0.300. The van der Waals surface area contributed by atoms with Gasteiger partial charge in [0.2, 0.25) is 0 Å². The first-order valence-electron chi connectivity index (χ1n) is 4.10. The van der Waals surface area contributed by atoms with Crippen molar-refractivity contribution < 1.29 is 5.11 Å². The molecule has 0 spiro atoms. The van der Waals surface area contributed by atoms with Crippen LogP contribution in [0.25, 0.3) is 0 Å². The zero-order valence-corrected chi connectivity index (χ0v) is 6.21. The topological polar surface area (TPSA) is 20.2 Å². The summed E-state index contributed by atoms with van der Waals surface area (Å²) in [5, 5.41) is 9.87. The van der Waals surface area contributed by atoms with Crippen molar-refractivity contribution in [1.29, 1.82) is 0 Å². The molecule has 2 saturated carbocycles. The normalized spacial score (nSPS) is 51.7. The van der Waals surface area contributed by atoms with Crippen LogP contribution < -0.4 is 0 Å². The molecule has 0 aromatic carbocycles. The maximum atomic E-state index is 9.87. The summed E-state index contributed by atoms with van der Waals surface area (Å²) in [5.41, 5.74) is -0.483.